The second kappa shape index (κ2) is 13.4. The number of carbonyl (C=O) groups excluding carboxylic acids is 2. The van der Waals surface area contributed by atoms with Gasteiger partial charge in [0.25, 0.3) is 5.91 Å². The summed E-state index contributed by atoms with van der Waals surface area (Å²) in [7, 11) is 0. The van der Waals surface area contributed by atoms with Crippen molar-refractivity contribution < 1.29 is 14.3 Å². The zero-order valence-electron chi connectivity index (χ0n) is 17.8. The van der Waals surface area contributed by atoms with Crippen LogP contribution in [-0.4, -0.2) is 52.2 Å². The summed E-state index contributed by atoms with van der Waals surface area (Å²) < 4.78 is 5.41. The number of ether oxygens (including phenoxy) is 1. The Morgan fingerprint density at radius 1 is 1.19 bits per heavy atom. The Labute approximate surface area is 196 Å². The lowest BCUT2D eigenvalue weighted by molar-refractivity contribution is -0.118. The average molecular weight is 483 g/mol. The Hall–Kier alpha value is -1.97. The van der Waals surface area contributed by atoms with Gasteiger partial charge in [0.1, 0.15) is 11.8 Å². The van der Waals surface area contributed by atoms with Crippen molar-refractivity contribution in [3.8, 4) is 5.75 Å². The highest BCUT2D eigenvalue weighted by Gasteiger charge is 2.24. The SMILES string of the molecule is CCCSc1ncc(Cl)c(C(=O)N[C@H](CCSC)C(=O)Nc2ccc(OCC)cc2)n1. The number of nitrogens with zero attached hydrogens (tertiary/aromatic N) is 2. The van der Waals surface area contributed by atoms with Gasteiger partial charge in [0, 0.05) is 11.4 Å². The quantitative estimate of drug-likeness (QED) is 0.339. The lowest BCUT2D eigenvalue weighted by atomic mass is 10.2. The summed E-state index contributed by atoms with van der Waals surface area (Å²) in [5.74, 6) is 1.46. The van der Waals surface area contributed by atoms with Crippen LogP contribution in [0.1, 0.15) is 37.2 Å². The first-order valence-corrected chi connectivity index (χ1v) is 12.7. The minimum absolute atomic E-state index is 0.0679. The fourth-order valence-corrected chi connectivity index (χ4v) is 3.85. The smallest absolute Gasteiger partial charge is 0.272 e. The molecule has 0 saturated heterocycles. The molecule has 0 unspecified atom stereocenters. The third-order valence-corrected chi connectivity index (χ3v) is 6.03. The van der Waals surface area contributed by atoms with Gasteiger partial charge in [0.2, 0.25) is 5.91 Å². The van der Waals surface area contributed by atoms with Gasteiger partial charge in [-0.2, -0.15) is 11.8 Å². The lowest BCUT2D eigenvalue weighted by Crippen LogP contribution is -2.44. The molecule has 0 bridgehead atoms. The van der Waals surface area contributed by atoms with Crippen molar-refractivity contribution in [2.24, 2.45) is 0 Å². The zero-order chi connectivity index (χ0) is 22.6. The van der Waals surface area contributed by atoms with E-state index in [0.717, 1.165) is 17.9 Å². The van der Waals surface area contributed by atoms with E-state index in [9.17, 15) is 9.59 Å². The van der Waals surface area contributed by atoms with Crippen LogP contribution in [-0.2, 0) is 4.79 Å². The van der Waals surface area contributed by atoms with Gasteiger partial charge in [-0.1, -0.05) is 30.3 Å². The molecule has 2 aromatic rings. The van der Waals surface area contributed by atoms with Gasteiger partial charge in [-0.15, -0.1) is 0 Å². The highest BCUT2D eigenvalue weighted by atomic mass is 35.5. The van der Waals surface area contributed by atoms with Crippen LogP contribution in [0.15, 0.2) is 35.6 Å². The van der Waals surface area contributed by atoms with Crippen molar-refractivity contribution in [2.45, 2.75) is 37.9 Å². The Bertz CT molecular complexity index is 868. The summed E-state index contributed by atoms with van der Waals surface area (Å²) in [5, 5.41) is 6.24. The van der Waals surface area contributed by atoms with Crippen LogP contribution in [0.2, 0.25) is 5.02 Å². The topological polar surface area (TPSA) is 93.2 Å². The number of rotatable bonds is 12. The Morgan fingerprint density at radius 3 is 2.58 bits per heavy atom. The van der Waals surface area contributed by atoms with Crippen molar-refractivity contribution in [1.82, 2.24) is 15.3 Å². The summed E-state index contributed by atoms with van der Waals surface area (Å²) >= 11 is 9.20. The van der Waals surface area contributed by atoms with Crippen LogP contribution < -0.4 is 15.4 Å². The van der Waals surface area contributed by atoms with Gasteiger partial charge in [-0.3, -0.25) is 9.59 Å². The largest absolute Gasteiger partial charge is 0.494 e. The molecule has 7 nitrogen and oxygen atoms in total. The molecular weight excluding hydrogens is 456 g/mol. The second-order valence-electron chi connectivity index (χ2n) is 6.45. The molecule has 2 amide bonds. The third-order valence-electron chi connectivity index (χ3n) is 4.04. The summed E-state index contributed by atoms with van der Waals surface area (Å²) in [6.07, 6.45) is 4.79. The molecule has 2 N–H and O–H groups in total. The number of halogens is 1. The fraction of sp³-hybridized carbons (Fsp3) is 0.429. The molecule has 168 valence electrons. The first kappa shape index (κ1) is 25.3. The van der Waals surface area contributed by atoms with E-state index in [2.05, 4.69) is 27.5 Å². The van der Waals surface area contributed by atoms with E-state index >= 15 is 0 Å². The number of amides is 2. The van der Waals surface area contributed by atoms with E-state index < -0.39 is 11.9 Å². The van der Waals surface area contributed by atoms with Crippen molar-refractivity contribution in [1.29, 1.82) is 0 Å². The van der Waals surface area contributed by atoms with Gasteiger partial charge in [-0.05, 0) is 56.0 Å². The molecule has 0 saturated carbocycles. The zero-order valence-corrected chi connectivity index (χ0v) is 20.2. The number of hydrogen-bond acceptors (Lipinski definition) is 7. The number of nitrogens with one attached hydrogen (secondary N) is 2. The number of benzene rings is 1. The van der Waals surface area contributed by atoms with Crippen LogP contribution in [0, 0.1) is 0 Å². The summed E-state index contributed by atoms with van der Waals surface area (Å²) in [6, 6.07) is 6.35. The molecule has 1 heterocycles. The van der Waals surface area contributed by atoms with Crippen molar-refractivity contribution in [3.63, 3.8) is 0 Å². The van der Waals surface area contributed by atoms with E-state index in [1.54, 1.807) is 36.0 Å². The number of aromatic nitrogens is 2. The molecule has 1 aromatic carbocycles. The van der Waals surface area contributed by atoms with Crippen LogP contribution in [0.4, 0.5) is 5.69 Å². The maximum Gasteiger partial charge on any atom is 0.272 e. The first-order chi connectivity index (χ1) is 15.0. The highest BCUT2D eigenvalue weighted by Crippen LogP contribution is 2.20. The van der Waals surface area contributed by atoms with Gasteiger partial charge in [0.15, 0.2) is 10.9 Å². The van der Waals surface area contributed by atoms with Crippen LogP contribution >= 0.6 is 35.1 Å². The summed E-state index contributed by atoms with van der Waals surface area (Å²) in [6.45, 7) is 4.53. The number of carbonyl (C=O) groups is 2. The molecule has 1 atom stereocenters. The molecule has 0 aliphatic rings. The molecule has 0 aliphatic carbocycles. The Balaban J connectivity index is 2.10. The third kappa shape index (κ3) is 8.23. The Morgan fingerprint density at radius 2 is 1.94 bits per heavy atom. The predicted molar refractivity (Wildman–Crippen MR) is 129 cm³/mol. The van der Waals surface area contributed by atoms with Gasteiger partial charge >= 0.3 is 0 Å². The molecule has 10 heteroatoms. The number of thioether (sulfide) groups is 2. The van der Waals surface area contributed by atoms with E-state index in [4.69, 9.17) is 16.3 Å². The molecule has 0 fully saturated rings. The first-order valence-electron chi connectivity index (χ1n) is 9.97. The van der Waals surface area contributed by atoms with Crippen LogP contribution in [0.25, 0.3) is 0 Å². The average Bonchev–Trinajstić information content (AvgIpc) is 2.77. The molecule has 1 aromatic heterocycles. The minimum Gasteiger partial charge on any atom is -0.494 e. The predicted octanol–water partition coefficient (Wildman–Crippen LogP) is 4.52. The highest BCUT2D eigenvalue weighted by molar-refractivity contribution is 7.99. The maximum absolute atomic E-state index is 12.9. The van der Waals surface area contributed by atoms with Gasteiger partial charge in [0.05, 0.1) is 17.8 Å². The Kier molecular flexibility index (Phi) is 11.0. The molecule has 2 rings (SSSR count). The van der Waals surface area contributed by atoms with Crippen molar-refractivity contribution in [2.75, 3.05) is 29.7 Å². The van der Waals surface area contributed by atoms with Gasteiger partial charge < -0.3 is 15.4 Å². The van der Waals surface area contributed by atoms with Crippen LogP contribution in [0.3, 0.4) is 0 Å². The van der Waals surface area contributed by atoms with E-state index in [0.29, 0.717) is 29.6 Å². The second-order valence-corrected chi connectivity index (χ2v) is 8.91. The number of anilines is 1. The van der Waals surface area contributed by atoms with E-state index in [1.165, 1.54) is 18.0 Å². The summed E-state index contributed by atoms with van der Waals surface area (Å²) in [4.78, 5) is 34.1. The standard InChI is InChI=1S/C21H27ClN4O3S2/c1-4-11-31-21-23-13-16(22)18(26-21)20(28)25-17(10-12-30-3)19(27)24-14-6-8-15(9-7-14)29-5-2/h6-9,13,17H,4-5,10-12H2,1-3H3,(H,24,27)(H,25,28)/t17-/m1/s1. The number of hydrogen-bond donors (Lipinski definition) is 2. The minimum atomic E-state index is -0.732. The fourth-order valence-electron chi connectivity index (χ4n) is 2.53. The monoisotopic (exact) mass is 482 g/mol. The molecule has 0 radical (unpaired) electrons. The van der Waals surface area contributed by atoms with E-state index in [1.807, 2.05) is 13.2 Å². The van der Waals surface area contributed by atoms with Crippen LogP contribution in [0.5, 0.6) is 5.75 Å². The molecule has 0 spiro atoms. The van der Waals surface area contributed by atoms with Crippen molar-refractivity contribution >= 4 is 52.6 Å². The molecule has 0 aliphatic heterocycles. The normalized spacial score (nSPS) is 11.6. The van der Waals surface area contributed by atoms with Gasteiger partial charge in [-0.25, -0.2) is 9.97 Å². The molecular formula is C21H27ClN4O3S2. The maximum atomic E-state index is 12.9. The van der Waals surface area contributed by atoms with Crippen molar-refractivity contribution in [3.05, 3.63) is 41.2 Å². The molecule has 31 heavy (non-hydrogen) atoms. The van der Waals surface area contributed by atoms with E-state index in [-0.39, 0.29) is 16.6 Å². The summed E-state index contributed by atoms with van der Waals surface area (Å²) in [5.41, 5.74) is 0.688. The lowest BCUT2D eigenvalue weighted by Gasteiger charge is -2.18.